The summed E-state index contributed by atoms with van der Waals surface area (Å²) in [6.07, 6.45) is 0.447. The van der Waals surface area contributed by atoms with E-state index in [2.05, 4.69) is 5.32 Å². The number of benzene rings is 1. The second kappa shape index (κ2) is 9.22. The van der Waals surface area contributed by atoms with Crippen molar-refractivity contribution < 1.29 is 23.9 Å². The Kier molecular flexibility index (Phi) is 7.45. The molecule has 1 aliphatic heterocycles. The Hall–Kier alpha value is -1.67. The van der Waals surface area contributed by atoms with Crippen molar-refractivity contribution in [3.8, 4) is 5.75 Å². The summed E-state index contributed by atoms with van der Waals surface area (Å²) in [5.74, 6) is 0.00728. The summed E-state index contributed by atoms with van der Waals surface area (Å²) in [7, 11) is 0. The van der Waals surface area contributed by atoms with E-state index in [9.17, 15) is 19.2 Å². The van der Waals surface area contributed by atoms with Crippen LogP contribution in [0, 0.1) is 0 Å². The van der Waals surface area contributed by atoms with Gasteiger partial charge in [0.15, 0.2) is 11.6 Å². The third-order valence-electron chi connectivity index (χ3n) is 4.81. The van der Waals surface area contributed by atoms with Crippen molar-refractivity contribution in [2.45, 2.75) is 32.4 Å². The van der Waals surface area contributed by atoms with Crippen molar-refractivity contribution in [1.82, 2.24) is 5.32 Å². The topological polar surface area (TPSA) is 89.5 Å². The van der Waals surface area contributed by atoms with Gasteiger partial charge in [-0.25, -0.2) is 0 Å². The van der Waals surface area contributed by atoms with E-state index in [0.717, 1.165) is 17.3 Å². The van der Waals surface area contributed by atoms with Gasteiger partial charge in [-0.05, 0) is 44.9 Å². The number of carbonyl (C=O) groups excluding carboxylic acids is 4. The molecule has 0 spiro atoms. The van der Waals surface area contributed by atoms with Gasteiger partial charge in [0.25, 0.3) is 5.24 Å². The molecule has 0 aromatic heterocycles. The number of ether oxygens (including phenoxy) is 1. The molecule has 142 valence electrons. The molecule has 1 fully saturated rings. The Morgan fingerprint density at radius 2 is 1.54 bits per heavy atom. The number of ketones is 2. The van der Waals surface area contributed by atoms with Gasteiger partial charge in [0, 0.05) is 22.3 Å². The summed E-state index contributed by atoms with van der Waals surface area (Å²) in [4.78, 5) is 47.4. The van der Waals surface area contributed by atoms with Crippen LogP contribution >= 0.6 is 11.8 Å². The van der Waals surface area contributed by atoms with E-state index in [0.29, 0.717) is 34.5 Å². The third kappa shape index (κ3) is 4.66. The summed E-state index contributed by atoms with van der Waals surface area (Å²) >= 11 is 0.992. The SMILES string of the molecule is CC1=C(C)C(=O)C(COc2ccc(CC3SC(=O)NC3=O)cc2)=C(C)C1=O.[NaH]. The van der Waals surface area contributed by atoms with Crippen molar-refractivity contribution in [3.63, 3.8) is 0 Å². The van der Waals surface area contributed by atoms with Crippen LogP contribution in [0.5, 0.6) is 5.75 Å². The van der Waals surface area contributed by atoms with Crippen LogP contribution < -0.4 is 10.1 Å². The van der Waals surface area contributed by atoms with Gasteiger partial charge in [0.1, 0.15) is 12.4 Å². The molecule has 8 heteroatoms. The normalized spacial score (nSPS) is 19.8. The van der Waals surface area contributed by atoms with Gasteiger partial charge in [-0.15, -0.1) is 0 Å². The molecule has 6 nitrogen and oxygen atoms in total. The minimum atomic E-state index is -0.416. The van der Waals surface area contributed by atoms with Crippen molar-refractivity contribution in [2.75, 3.05) is 6.61 Å². The molecule has 1 N–H and O–H groups in total. The molecule has 2 amide bonds. The van der Waals surface area contributed by atoms with Gasteiger partial charge in [-0.1, -0.05) is 23.9 Å². The van der Waals surface area contributed by atoms with Gasteiger partial charge in [0.05, 0.1) is 5.25 Å². The Balaban J connectivity index is 0.00000280. The van der Waals surface area contributed by atoms with E-state index < -0.39 is 5.25 Å². The van der Waals surface area contributed by atoms with Crippen LogP contribution in [-0.2, 0) is 20.8 Å². The number of allylic oxidation sites excluding steroid dienone is 3. The first-order chi connectivity index (χ1) is 12.8. The maximum atomic E-state index is 12.4. The molecule has 1 unspecified atom stereocenters. The molecule has 1 heterocycles. The molecule has 28 heavy (non-hydrogen) atoms. The van der Waals surface area contributed by atoms with Crippen molar-refractivity contribution >= 4 is 64.0 Å². The Morgan fingerprint density at radius 3 is 2.11 bits per heavy atom. The van der Waals surface area contributed by atoms with Crippen LogP contribution in [0.4, 0.5) is 4.79 Å². The Labute approximate surface area is 189 Å². The van der Waals surface area contributed by atoms with Crippen molar-refractivity contribution in [1.29, 1.82) is 0 Å². The van der Waals surface area contributed by atoms with E-state index in [1.54, 1.807) is 32.9 Å². The quantitative estimate of drug-likeness (QED) is 0.592. The zero-order valence-corrected chi connectivity index (χ0v) is 16.1. The number of Topliss-reactive ketones (excluding diaryl/α,β-unsaturated/α-hetero) is 2. The fourth-order valence-electron chi connectivity index (χ4n) is 2.95. The van der Waals surface area contributed by atoms with Crippen molar-refractivity contribution in [2.24, 2.45) is 0 Å². The molecular weight excluding hydrogens is 389 g/mol. The molecule has 1 saturated heterocycles. The number of carbonyl (C=O) groups is 4. The maximum absolute atomic E-state index is 12.4. The van der Waals surface area contributed by atoms with E-state index in [4.69, 9.17) is 4.74 Å². The summed E-state index contributed by atoms with van der Waals surface area (Å²) in [6, 6.07) is 7.12. The van der Waals surface area contributed by atoms with Crippen LogP contribution in [-0.4, -0.2) is 64.1 Å². The molecule has 0 bridgehead atoms. The zero-order valence-electron chi connectivity index (χ0n) is 15.3. The predicted molar refractivity (Wildman–Crippen MR) is 109 cm³/mol. The summed E-state index contributed by atoms with van der Waals surface area (Å²) in [5.41, 5.74) is 2.65. The standard InChI is InChI=1S/C20H19NO5S.Na.H/c1-10-11(2)18(23)15(12(3)17(10)22)9-26-14-6-4-13(5-7-14)8-16-19(24)21-20(25)27-16;;/h4-7,16H,8-9H2,1-3H3,(H,21,24,25);;. The summed E-state index contributed by atoms with van der Waals surface area (Å²) in [6.45, 7) is 4.98. The van der Waals surface area contributed by atoms with E-state index in [-0.39, 0.29) is 58.9 Å². The first-order valence-electron chi connectivity index (χ1n) is 8.47. The van der Waals surface area contributed by atoms with E-state index in [1.165, 1.54) is 0 Å². The monoisotopic (exact) mass is 409 g/mol. The molecular formula is C20H20NNaO5S. The predicted octanol–water partition coefficient (Wildman–Crippen LogP) is 2.12. The third-order valence-corrected chi connectivity index (χ3v) is 5.79. The molecule has 2 aliphatic rings. The van der Waals surface area contributed by atoms with Gasteiger partial charge >= 0.3 is 29.6 Å². The zero-order chi connectivity index (χ0) is 19.7. The van der Waals surface area contributed by atoms with E-state index >= 15 is 0 Å². The molecule has 1 aromatic carbocycles. The second-order valence-corrected chi connectivity index (χ2v) is 7.71. The van der Waals surface area contributed by atoms with Gasteiger partial charge in [0.2, 0.25) is 5.91 Å². The Morgan fingerprint density at radius 1 is 0.929 bits per heavy atom. The first-order valence-corrected chi connectivity index (χ1v) is 9.35. The molecule has 0 radical (unpaired) electrons. The van der Waals surface area contributed by atoms with Crippen LogP contribution in [0.2, 0.25) is 0 Å². The minimum absolute atomic E-state index is 0. The van der Waals surface area contributed by atoms with Crippen LogP contribution in [0.1, 0.15) is 26.3 Å². The van der Waals surface area contributed by atoms with Gasteiger partial charge < -0.3 is 4.74 Å². The van der Waals surface area contributed by atoms with Crippen molar-refractivity contribution in [3.05, 3.63) is 52.1 Å². The Bertz CT molecular complexity index is 917. The number of nitrogens with one attached hydrogen (secondary N) is 1. The van der Waals surface area contributed by atoms with Crippen LogP contribution in [0.3, 0.4) is 0 Å². The van der Waals surface area contributed by atoms with Gasteiger partial charge in [-0.3, -0.25) is 24.5 Å². The molecule has 1 atom stereocenters. The van der Waals surface area contributed by atoms with Crippen LogP contribution in [0.15, 0.2) is 46.6 Å². The fraction of sp³-hybridized carbons (Fsp3) is 0.300. The number of hydrogen-bond acceptors (Lipinski definition) is 6. The second-order valence-electron chi connectivity index (χ2n) is 6.53. The summed E-state index contributed by atoms with van der Waals surface area (Å²) in [5, 5.41) is 1.53. The number of hydrogen-bond donors (Lipinski definition) is 1. The molecule has 1 aliphatic carbocycles. The number of rotatable bonds is 5. The van der Waals surface area contributed by atoms with Gasteiger partial charge in [-0.2, -0.15) is 0 Å². The number of amides is 2. The first kappa shape index (κ1) is 22.6. The average molecular weight is 409 g/mol. The molecule has 1 aromatic rings. The van der Waals surface area contributed by atoms with Crippen LogP contribution in [0.25, 0.3) is 0 Å². The molecule has 3 rings (SSSR count). The number of imide groups is 1. The average Bonchev–Trinajstić information content (AvgIpc) is 2.96. The summed E-state index contributed by atoms with van der Waals surface area (Å²) < 4.78 is 5.69. The molecule has 0 saturated carbocycles. The fourth-order valence-corrected chi connectivity index (χ4v) is 3.81. The number of thioether (sulfide) groups is 1. The van der Waals surface area contributed by atoms with E-state index in [1.807, 2.05) is 12.1 Å².